The van der Waals surface area contributed by atoms with Crippen molar-refractivity contribution in [2.24, 2.45) is 0 Å². The van der Waals surface area contributed by atoms with Gasteiger partial charge in [-0.15, -0.1) is 0 Å². The number of rotatable bonds is 15. The number of carbonyl (C=O) groups is 3. The van der Waals surface area contributed by atoms with E-state index < -0.39 is 118 Å². The van der Waals surface area contributed by atoms with Crippen LogP contribution >= 0.6 is 0 Å². The van der Waals surface area contributed by atoms with Crippen molar-refractivity contribution in [1.29, 1.82) is 0 Å². The number of aliphatic hydroxyl groups is 9. The molecule has 2 aliphatic heterocycles. The Balaban J connectivity index is 1.27. The minimum absolute atomic E-state index is 0.121. The van der Waals surface area contributed by atoms with Crippen LogP contribution in [0.3, 0.4) is 0 Å². The Morgan fingerprint density at radius 1 is 0.608 bits per heavy atom. The van der Waals surface area contributed by atoms with Gasteiger partial charge in [0.1, 0.15) is 73.5 Å². The molecule has 11 atom stereocenters. The lowest BCUT2D eigenvalue weighted by Gasteiger charge is -2.39. The van der Waals surface area contributed by atoms with Crippen LogP contribution in [0.2, 0.25) is 0 Å². The minimum Gasteiger partial charge on any atom is -0.481 e. The maximum atomic E-state index is 12.8. The van der Waals surface area contributed by atoms with Crippen molar-refractivity contribution in [3.8, 4) is 11.5 Å². The molecule has 19 heteroatoms. The number of carbonyl (C=O) groups excluding carboxylic acids is 2. The molecule has 2 aliphatic rings. The van der Waals surface area contributed by atoms with Crippen molar-refractivity contribution in [1.82, 2.24) is 0 Å². The number of ether oxygens (including phenoxy) is 6. The molecule has 0 bridgehead atoms. The van der Waals surface area contributed by atoms with E-state index in [9.17, 15) is 65.4 Å². The summed E-state index contributed by atoms with van der Waals surface area (Å²) in [7, 11) is 0. The number of aliphatic carboxylic acids is 1. The van der Waals surface area contributed by atoms with E-state index in [1.165, 1.54) is 48.5 Å². The highest BCUT2D eigenvalue weighted by Crippen LogP contribution is 2.27. The second-order valence-corrected chi connectivity index (χ2v) is 11.9. The van der Waals surface area contributed by atoms with Gasteiger partial charge in [0.25, 0.3) is 0 Å². The molecule has 4 rings (SSSR count). The highest BCUT2D eigenvalue weighted by atomic mass is 16.7. The molecule has 0 aliphatic carbocycles. The maximum absolute atomic E-state index is 12.8. The molecular weight excluding hydrogens is 688 g/mol. The van der Waals surface area contributed by atoms with E-state index >= 15 is 0 Å². The number of benzene rings is 2. The Morgan fingerprint density at radius 3 is 1.41 bits per heavy atom. The molecule has 0 saturated carbocycles. The molecule has 0 amide bonds. The second-order valence-electron chi connectivity index (χ2n) is 11.9. The second kappa shape index (κ2) is 17.5. The fraction of sp³-hybridized carbons (Fsp3) is 0.531. The summed E-state index contributed by atoms with van der Waals surface area (Å²) >= 11 is 0. The summed E-state index contributed by atoms with van der Waals surface area (Å²) in [4.78, 5) is 36.8. The van der Waals surface area contributed by atoms with Crippen molar-refractivity contribution in [3.63, 3.8) is 0 Å². The average Bonchev–Trinajstić information content (AvgIpc) is 3.10. The Morgan fingerprint density at radius 2 is 1.02 bits per heavy atom. The lowest BCUT2D eigenvalue weighted by atomic mass is 9.95. The largest absolute Gasteiger partial charge is 0.481 e. The van der Waals surface area contributed by atoms with E-state index in [0.29, 0.717) is 11.1 Å². The van der Waals surface area contributed by atoms with E-state index in [1.807, 2.05) is 0 Å². The van der Waals surface area contributed by atoms with Crippen LogP contribution in [0.1, 0.15) is 24.0 Å². The normalized spacial score (nSPS) is 30.5. The summed E-state index contributed by atoms with van der Waals surface area (Å²) in [6.45, 7) is -2.12. The first kappa shape index (κ1) is 39.8. The quantitative estimate of drug-likeness (QED) is 0.0793. The molecule has 0 aromatic heterocycles. The van der Waals surface area contributed by atoms with E-state index in [-0.39, 0.29) is 18.1 Å². The monoisotopic (exact) mass is 728 g/mol. The summed E-state index contributed by atoms with van der Waals surface area (Å²) in [5.41, 5.74) is -2.06. The average molecular weight is 729 g/mol. The van der Waals surface area contributed by atoms with E-state index in [4.69, 9.17) is 28.4 Å². The fourth-order valence-electron chi connectivity index (χ4n) is 5.12. The minimum atomic E-state index is -2.79. The lowest BCUT2D eigenvalue weighted by Crippen LogP contribution is -2.60. The van der Waals surface area contributed by atoms with Crippen molar-refractivity contribution in [3.05, 3.63) is 59.7 Å². The van der Waals surface area contributed by atoms with Crippen LogP contribution in [-0.2, 0) is 46.5 Å². The van der Waals surface area contributed by atoms with E-state index in [2.05, 4.69) is 0 Å². The van der Waals surface area contributed by atoms with Crippen molar-refractivity contribution < 1.29 is 93.9 Å². The summed E-state index contributed by atoms with van der Waals surface area (Å²) in [5, 5.41) is 98.7. The molecule has 2 aromatic rings. The summed E-state index contributed by atoms with van der Waals surface area (Å²) in [6.07, 6.45) is -17.2. The highest BCUT2D eigenvalue weighted by molar-refractivity contribution is 5.89. The van der Waals surface area contributed by atoms with Gasteiger partial charge < -0.3 is 79.5 Å². The first-order valence-electron chi connectivity index (χ1n) is 15.5. The zero-order chi connectivity index (χ0) is 37.5. The molecule has 282 valence electrons. The van der Waals surface area contributed by atoms with Gasteiger partial charge in [-0.2, -0.15) is 0 Å². The third-order valence-corrected chi connectivity index (χ3v) is 8.08. The van der Waals surface area contributed by atoms with Crippen LogP contribution in [0.5, 0.6) is 11.5 Å². The molecular formula is C32H40O19. The van der Waals surface area contributed by atoms with Crippen LogP contribution in [0, 0.1) is 0 Å². The number of esters is 2. The first-order valence-corrected chi connectivity index (χ1v) is 15.5. The predicted octanol–water partition coefficient (Wildman–Crippen LogP) is -3.57. The Labute approximate surface area is 289 Å². The fourth-order valence-corrected chi connectivity index (χ4v) is 5.12. The molecule has 51 heavy (non-hydrogen) atoms. The molecule has 0 spiro atoms. The Bertz CT molecular complexity index is 1450. The van der Waals surface area contributed by atoms with Gasteiger partial charge in [-0.25, -0.2) is 4.79 Å². The van der Waals surface area contributed by atoms with Gasteiger partial charge in [-0.1, -0.05) is 24.3 Å². The van der Waals surface area contributed by atoms with Gasteiger partial charge in [0.15, 0.2) is 5.60 Å². The molecule has 0 radical (unpaired) electrons. The van der Waals surface area contributed by atoms with Crippen LogP contribution in [0.4, 0.5) is 0 Å². The van der Waals surface area contributed by atoms with Crippen molar-refractivity contribution >= 4 is 17.9 Å². The molecule has 2 heterocycles. The number of hydrogen-bond donors (Lipinski definition) is 10. The van der Waals surface area contributed by atoms with E-state index in [0.717, 1.165) is 0 Å². The summed E-state index contributed by atoms with van der Waals surface area (Å²) < 4.78 is 31.7. The highest BCUT2D eigenvalue weighted by Gasteiger charge is 2.46. The van der Waals surface area contributed by atoms with Gasteiger partial charge in [-0.3, -0.25) is 9.59 Å². The SMILES string of the molecule is O=C(O)C[C@](O)(CC(=O)OCc1ccc(O[C@H]2O[C@@H](CO)[C@H](O)[C@@H](O)[C@@H]2O)cc1)C(=O)OCc1ccc(O[C@@H]2O[C@H](CO)[C@H](O)[C@@H](O)[C@@H]2O)cc1. The molecule has 19 nitrogen and oxygen atoms in total. The predicted molar refractivity (Wildman–Crippen MR) is 163 cm³/mol. The molecule has 2 saturated heterocycles. The molecule has 0 unspecified atom stereocenters. The smallest absolute Gasteiger partial charge is 0.339 e. The Kier molecular flexibility index (Phi) is 13.6. The number of carboxylic acid groups (broad SMARTS) is 1. The van der Waals surface area contributed by atoms with Gasteiger partial charge >= 0.3 is 17.9 Å². The molecule has 10 N–H and O–H groups in total. The van der Waals surface area contributed by atoms with Gasteiger partial charge in [0.05, 0.1) is 26.1 Å². The molecule has 2 aromatic carbocycles. The van der Waals surface area contributed by atoms with Gasteiger partial charge in [-0.05, 0) is 35.4 Å². The Hall–Kier alpha value is -3.99. The zero-order valence-corrected chi connectivity index (χ0v) is 26.8. The van der Waals surface area contributed by atoms with Crippen molar-refractivity contribution in [2.45, 2.75) is 93.1 Å². The van der Waals surface area contributed by atoms with Crippen LogP contribution in [0.25, 0.3) is 0 Å². The maximum Gasteiger partial charge on any atom is 0.339 e. The summed E-state index contributed by atoms with van der Waals surface area (Å²) in [6, 6.07) is 11.3. The van der Waals surface area contributed by atoms with E-state index in [1.54, 1.807) is 0 Å². The topological polar surface area (TPSA) is 309 Å². The standard InChI is InChI=1S/C32H40O19/c33-11-19-23(38)25(40)27(42)29(50-19)48-17-5-1-15(2-6-17)13-46-22(37)10-32(45,9-21(35)36)31(44)47-14-16-3-7-18(8-4-16)49-30-28(43)26(41)24(39)20(12-34)51-30/h1-8,19-20,23-30,33-34,38-43,45H,9-14H2,(H,35,36)/t19-,20+,23-,24-,25+,26+,27-,28-,29-,30+,32-/m0/s1. The molecule has 2 fully saturated rings. The van der Waals surface area contributed by atoms with Gasteiger partial charge in [0.2, 0.25) is 12.6 Å². The zero-order valence-electron chi connectivity index (χ0n) is 26.8. The van der Waals surface area contributed by atoms with Crippen LogP contribution < -0.4 is 9.47 Å². The summed E-state index contributed by atoms with van der Waals surface area (Å²) in [5.74, 6) is -3.89. The lowest BCUT2D eigenvalue weighted by molar-refractivity contribution is -0.277. The van der Waals surface area contributed by atoms with Crippen LogP contribution in [0.15, 0.2) is 48.5 Å². The first-order chi connectivity index (χ1) is 24.1. The number of hydrogen-bond acceptors (Lipinski definition) is 18. The number of aliphatic hydroxyl groups excluding tert-OH is 8. The third-order valence-electron chi connectivity index (χ3n) is 8.08. The number of carboxylic acids is 1. The van der Waals surface area contributed by atoms with Crippen molar-refractivity contribution in [2.75, 3.05) is 13.2 Å². The van der Waals surface area contributed by atoms with Crippen LogP contribution in [-0.4, -0.2) is 149 Å². The van der Waals surface area contributed by atoms with Gasteiger partial charge in [0, 0.05) is 0 Å². The third kappa shape index (κ3) is 10.1.